The predicted molar refractivity (Wildman–Crippen MR) is 546 cm³/mol. The van der Waals surface area contributed by atoms with Crippen LogP contribution in [0.1, 0.15) is 248 Å². The number of carbonyl (C=O) groups excluding carboxylic acids is 4. The number of hydrogen-bond donors (Lipinski definition) is 0. The highest BCUT2D eigenvalue weighted by atomic mass is 79.9. The number of nitrogens with zero attached hydrogens (tertiary/aromatic N) is 2. The van der Waals surface area contributed by atoms with Crippen LogP contribution in [0.5, 0.6) is 0 Å². The van der Waals surface area contributed by atoms with Crippen molar-refractivity contribution in [1.29, 1.82) is 0 Å². The molecule has 134 heavy (non-hydrogen) atoms. The van der Waals surface area contributed by atoms with Crippen LogP contribution in [0.15, 0.2) is 45.3 Å². The Morgan fingerprint density at radius 3 is 0.515 bits per heavy atom. The molecule has 12 saturated heterocycles. The lowest BCUT2D eigenvalue weighted by molar-refractivity contribution is -0.0397. The highest BCUT2D eigenvalue weighted by Crippen LogP contribution is 2.61. The molecule has 0 spiro atoms. The average Bonchev–Trinajstić information content (AvgIpc) is 0.693. The van der Waals surface area contributed by atoms with Gasteiger partial charge in [-0.3, -0.25) is 29.0 Å². The molecule has 14 aliphatic rings. The molecule has 0 N–H and O–H groups in total. The summed E-state index contributed by atoms with van der Waals surface area (Å²) in [5, 5.41) is 5.08. The second kappa shape index (κ2) is 37.2. The van der Waals surface area contributed by atoms with E-state index in [1.165, 1.54) is 9.80 Å². The molecule has 0 aromatic heterocycles. The van der Waals surface area contributed by atoms with E-state index in [9.17, 15) is 0 Å². The maximum atomic E-state index is 16.1. The lowest BCUT2D eigenvalue weighted by Crippen LogP contribution is -2.88. The summed E-state index contributed by atoms with van der Waals surface area (Å²) in [6, 6.07) is 15.7. The molecule has 5 aromatic rings. The summed E-state index contributed by atoms with van der Waals surface area (Å²) >= 11 is 8.07. The Balaban J connectivity index is 0.725. The van der Waals surface area contributed by atoms with Crippen molar-refractivity contribution in [2.75, 3.05) is 13.1 Å². The van der Waals surface area contributed by atoms with Crippen molar-refractivity contribution >= 4 is 239 Å². The van der Waals surface area contributed by atoms with Crippen LogP contribution in [0.3, 0.4) is 0 Å². The van der Waals surface area contributed by atoms with Gasteiger partial charge < -0.3 is 98.8 Å². The van der Waals surface area contributed by atoms with E-state index in [1.54, 1.807) is 24.3 Å². The molecule has 744 valence electrons. The van der Waals surface area contributed by atoms with Gasteiger partial charge in [-0.2, -0.15) is 0 Å². The maximum absolute atomic E-state index is 16.1. The van der Waals surface area contributed by atoms with Crippen LogP contribution in [0.2, 0.25) is 96.7 Å². The smallest absolute Gasteiger partial charge is 0.373 e. The molecule has 0 unspecified atom stereocenters. The lowest BCUT2D eigenvalue weighted by Gasteiger charge is -2.64. The van der Waals surface area contributed by atoms with Gasteiger partial charge in [0.25, 0.3) is 23.6 Å². The van der Waals surface area contributed by atoms with E-state index >= 15 is 19.2 Å². The molecule has 16 bridgehead atoms. The fourth-order valence-corrected chi connectivity index (χ4v) is 127. The summed E-state index contributed by atoms with van der Waals surface area (Å²) in [6.07, 6.45) is 0.256. The van der Waals surface area contributed by atoms with Gasteiger partial charge in [0, 0.05) is 173 Å². The SMILES string of the molecule is CC(C)C[Si]12O[Si]3(CCCN4C(=O)c5ccc6c7c(Br)cc8c9c(ccc(c%10c(Br)cc(c5c6%10)C4=O)c97)C(=O)N(CCC[Si]45O[Si]6(CC(C)C)O[Si]7(CC(C)C)O[Si](CC(C)C)(O4)O[Si]4(CC(C)C)O[Si](CC(C)C)(O5)O[Si](CC(C)C)(O6)O[Si](CC(C)C)(O7)O4)C8=O)O[Si]4(CC(C)C)O[Si](CC(C)C)(O1)O[Si]1(CC(C)C)O[Si](CC(C)C)(O2)O[Si](CC(C)C)(O3)O[Si](CC(C)C)(O4)O1. The van der Waals surface area contributed by atoms with Crippen LogP contribution < -0.4 is 0 Å². The molecular weight excluding hydrogens is 2120 g/mol. The first-order valence-electron chi connectivity index (χ1n) is 49.5. The summed E-state index contributed by atoms with van der Waals surface area (Å²) < 4.78 is 194. The number of amides is 4. The van der Waals surface area contributed by atoms with Crippen molar-refractivity contribution < 1.29 is 118 Å². The van der Waals surface area contributed by atoms with E-state index in [4.69, 9.17) is 98.8 Å². The second-order valence-corrected chi connectivity index (χ2v) is 95.7. The summed E-state index contributed by atoms with van der Waals surface area (Å²) in [4.78, 5) is 66.7. The van der Waals surface area contributed by atoms with E-state index in [0.29, 0.717) is 159 Å². The zero-order valence-electron chi connectivity index (χ0n) is 83.8. The molecule has 14 aliphatic heterocycles. The molecule has 0 radical (unpaired) electrons. The summed E-state index contributed by atoms with van der Waals surface area (Å²) in [5.41, 5.74) is 1.26. The van der Waals surface area contributed by atoms with Gasteiger partial charge in [-0.15, -0.1) is 0 Å². The number of carbonyl (C=O) groups is 4. The van der Waals surface area contributed by atoms with Crippen LogP contribution >= 0.6 is 31.9 Å². The van der Waals surface area contributed by atoms with Crippen LogP contribution in [0.25, 0.3) is 43.1 Å². The molecule has 0 atom stereocenters. The number of rotatable bonds is 36. The van der Waals surface area contributed by atoms with E-state index in [1.807, 2.05) is 12.1 Å². The standard InChI is InChI=1S/C86H144Br2N2O28Si16/c1-55(2)41-121-95-119(96-122(42-56(3)4)103-127(101-121,47-61(13)14)113-133(53-67(25)26)114-128(102-121,48-62(15)16)104-123(97-119,43-57(5)6)106-129(105-122,115-133)49-63(17)18)37-29-35-89-83(91)71-33-31-69-80-76(88)40-74-78-72(34-32-70(82(78)80)79-75(87)39-73(85(89)93)77(71)81(69)79)84(92)90(86(74)94)36-30-38-120-98-124(44-58(7)8)107-130(50-64(19)20)109-125(99-120,45-59(9)10)111-132(52-66(23)24)112-126(100-120,46-60(11)12)110-131(108-124,51-65(21)22)117-134(116-130,118-132)54-68(27)28/h31-34,39-40,55-68H,29-30,35-38,41-54H2,1-28H3. The van der Waals surface area contributed by atoms with Crippen LogP contribution in [-0.4, -0.2) is 187 Å². The van der Waals surface area contributed by atoms with E-state index in [0.717, 1.165) is 0 Å². The molecule has 0 saturated carbocycles. The number of imide groups is 2. The molecule has 30 nitrogen and oxygen atoms in total. The van der Waals surface area contributed by atoms with Crippen LogP contribution in [0.4, 0.5) is 0 Å². The Labute approximate surface area is 827 Å². The molecular formula is C86H144Br2N2O28Si16. The quantitative estimate of drug-likeness (QED) is 0.0156. The third kappa shape index (κ3) is 20.0. The summed E-state index contributed by atoms with van der Waals surface area (Å²) in [5.74, 6) is -2.57. The number of fused-ring (bicyclic) bond motifs is 2. The first kappa shape index (κ1) is 105. The van der Waals surface area contributed by atoms with Gasteiger partial charge in [0.2, 0.25) is 0 Å². The Kier molecular flexibility index (Phi) is 29.0. The highest BCUT2D eigenvalue weighted by molar-refractivity contribution is 9.11. The molecule has 14 heterocycles. The fourth-order valence-electron chi connectivity index (χ4n) is 22.5. The van der Waals surface area contributed by atoms with Crippen molar-refractivity contribution in [3.63, 3.8) is 0 Å². The van der Waals surface area contributed by atoms with Crippen molar-refractivity contribution in [2.45, 2.75) is 303 Å². The third-order valence-corrected chi connectivity index (χ3v) is 107. The molecule has 4 amide bonds. The fraction of sp³-hybridized carbons (Fsp3) is 0.721. The molecule has 12 fully saturated rings. The zero-order chi connectivity index (χ0) is 97.0. The van der Waals surface area contributed by atoms with Gasteiger partial charge in [-0.1, -0.05) is 238 Å². The van der Waals surface area contributed by atoms with Gasteiger partial charge >= 0.3 is 141 Å². The van der Waals surface area contributed by atoms with Crippen molar-refractivity contribution in [2.24, 2.45) is 82.9 Å². The van der Waals surface area contributed by atoms with Gasteiger partial charge in [0.05, 0.1) is 0 Å². The maximum Gasteiger partial charge on any atom is 0.479 e. The van der Waals surface area contributed by atoms with E-state index < -0.39 is 164 Å². The van der Waals surface area contributed by atoms with Gasteiger partial charge in [-0.05, 0) is 131 Å². The third-order valence-electron chi connectivity index (χ3n) is 25.3. The van der Waals surface area contributed by atoms with E-state index in [2.05, 4.69) is 226 Å². The first-order chi connectivity index (χ1) is 62.4. The van der Waals surface area contributed by atoms with Crippen LogP contribution in [-0.2, 0) is 98.8 Å². The summed E-state index contributed by atoms with van der Waals surface area (Å²) in [6.45, 7) is 59.3. The lowest BCUT2D eigenvalue weighted by atomic mass is 9.82. The predicted octanol–water partition coefficient (Wildman–Crippen LogP) is 22.0. The monoisotopic (exact) mass is 2260 g/mol. The minimum Gasteiger partial charge on any atom is -0.373 e. The van der Waals surface area contributed by atoms with Gasteiger partial charge in [0.1, 0.15) is 0 Å². The highest BCUT2D eigenvalue weighted by Gasteiger charge is 2.87. The molecule has 48 heteroatoms. The van der Waals surface area contributed by atoms with Gasteiger partial charge in [0.15, 0.2) is 0 Å². The number of hydrogen-bond acceptors (Lipinski definition) is 28. The number of halogens is 2. The first-order valence-corrected chi connectivity index (χ1v) is 82.0. The zero-order valence-corrected chi connectivity index (χ0v) is 103. The Morgan fingerprint density at radius 2 is 0.358 bits per heavy atom. The average molecular weight is 2260 g/mol. The molecule has 0 aliphatic carbocycles. The summed E-state index contributed by atoms with van der Waals surface area (Å²) in [7, 11) is -68.8. The van der Waals surface area contributed by atoms with E-state index in [-0.39, 0.29) is 121 Å². The normalized spacial score (nSPS) is 36.4. The molecule has 19 rings (SSSR count). The Bertz CT molecular complexity index is 4730. The largest absolute Gasteiger partial charge is 0.479 e. The molecule has 5 aromatic carbocycles. The number of benzene rings is 5. The second-order valence-electron chi connectivity index (χ2n) is 45.9. The van der Waals surface area contributed by atoms with Crippen molar-refractivity contribution in [3.8, 4) is 0 Å². The van der Waals surface area contributed by atoms with Crippen LogP contribution in [0, 0.1) is 82.9 Å². The minimum atomic E-state index is -4.56. The minimum absolute atomic E-state index is 0.0102. The topological polar surface area (TPSA) is 296 Å². The van der Waals surface area contributed by atoms with Crippen molar-refractivity contribution in [1.82, 2.24) is 9.80 Å². The Hall–Kier alpha value is -0.850. The van der Waals surface area contributed by atoms with Gasteiger partial charge in [-0.25, -0.2) is 0 Å². The van der Waals surface area contributed by atoms with Crippen molar-refractivity contribution in [3.05, 3.63) is 67.6 Å². The Morgan fingerprint density at radius 1 is 0.209 bits per heavy atom.